The number of nitrogens with one attached hydrogen (secondary N) is 1. The van der Waals surface area contributed by atoms with Crippen LogP contribution in [-0.4, -0.2) is 16.6 Å². The predicted octanol–water partition coefficient (Wildman–Crippen LogP) is 2.87. The van der Waals surface area contributed by atoms with Crippen LogP contribution in [0.5, 0.6) is 0 Å². The lowest BCUT2D eigenvalue weighted by molar-refractivity contribution is 0.0954. The zero-order valence-corrected chi connectivity index (χ0v) is 12.3. The van der Waals surface area contributed by atoms with Crippen molar-refractivity contribution in [3.8, 4) is 0 Å². The average molecular weight is 271 g/mol. The summed E-state index contributed by atoms with van der Waals surface area (Å²) in [6.07, 6.45) is 5.48. The van der Waals surface area contributed by atoms with Gasteiger partial charge < -0.3 is 0 Å². The van der Waals surface area contributed by atoms with Gasteiger partial charge in [0.25, 0.3) is 5.91 Å². The Bertz CT molecular complexity index is 546. The second-order valence-electron chi connectivity index (χ2n) is 6.63. The van der Waals surface area contributed by atoms with Crippen LogP contribution >= 0.6 is 0 Å². The molecule has 3 atom stereocenters. The maximum Gasteiger partial charge on any atom is 0.271 e. The highest BCUT2D eigenvalue weighted by atomic mass is 16.2. The lowest BCUT2D eigenvalue weighted by Crippen LogP contribution is -2.34. The maximum atomic E-state index is 12.0. The largest absolute Gasteiger partial charge is 0.271 e. The van der Waals surface area contributed by atoms with E-state index in [2.05, 4.69) is 36.3 Å². The van der Waals surface area contributed by atoms with Crippen LogP contribution in [0.25, 0.3) is 0 Å². The first-order valence-electron chi connectivity index (χ1n) is 7.27. The number of amides is 1. The van der Waals surface area contributed by atoms with Gasteiger partial charge in [-0.2, -0.15) is 5.10 Å². The van der Waals surface area contributed by atoms with Gasteiger partial charge in [-0.05, 0) is 42.2 Å². The molecule has 4 heteroatoms. The molecule has 1 aromatic rings. The number of fused-ring (bicyclic) bond motifs is 2. The van der Waals surface area contributed by atoms with Gasteiger partial charge in [0.05, 0.1) is 0 Å². The molecule has 0 unspecified atom stereocenters. The summed E-state index contributed by atoms with van der Waals surface area (Å²) in [7, 11) is 0. The van der Waals surface area contributed by atoms with E-state index in [1.807, 2.05) is 0 Å². The molecular formula is C16H21N3O. The van der Waals surface area contributed by atoms with E-state index in [4.69, 9.17) is 0 Å². The average Bonchev–Trinajstić information content (AvgIpc) is 2.97. The molecule has 0 saturated heterocycles. The Morgan fingerprint density at radius 3 is 2.70 bits per heavy atom. The molecule has 2 bridgehead atoms. The SMILES string of the molecule is C[C@H]1[C@H]2C[C@@H](C/C2=N/NC(=O)c2ccncc2)C1(C)C. The molecule has 2 fully saturated rings. The molecule has 2 aliphatic carbocycles. The summed E-state index contributed by atoms with van der Waals surface area (Å²) in [6.45, 7) is 7.02. The third-order valence-electron chi connectivity index (χ3n) is 5.49. The molecule has 4 nitrogen and oxygen atoms in total. The standard InChI is InChI=1S/C16H21N3O/c1-10-13-8-12(16(10,2)3)9-14(13)18-19-15(20)11-4-6-17-7-5-11/h4-7,10,12-13H,8-9H2,1-3H3,(H,19,20)/b18-14-/t10-,12-,13+/m0/s1. The lowest BCUT2D eigenvalue weighted by atomic mass is 9.69. The molecule has 1 aromatic heterocycles. The molecule has 0 aromatic carbocycles. The first-order valence-corrected chi connectivity index (χ1v) is 7.27. The number of hydrazone groups is 1. The zero-order valence-electron chi connectivity index (χ0n) is 12.3. The van der Waals surface area contributed by atoms with E-state index >= 15 is 0 Å². The lowest BCUT2D eigenvalue weighted by Gasteiger charge is -2.36. The molecular weight excluding hydrogens is 250 g/mol. The maximum absolute atomic E-state index is 12.0. The number of hydrogen-bond acceptors (Lipinski definition) is 3. The molecule has 1 N–H and O–H groups in total. The third kappa shape index (κ3) is 2.03. The fourth-order valence-electron chi connectivity index (χ4n) is 3.70. The van der Waals surface area contributed by atoms with Crippen molar-refractivity contribution in [2.75, 3.05) is 0 Å². The van der Waals surface area contributed by atoms with Crippen molar-refractivity contribution >= 4 is 11.6 Å². The van der Waals surface area contributed by atoms with E-state index in [1.165, 1.54) is 12.1 Å². The summed E-state index contributed by atoms with van der Waals surface area (Å²) >= 11 is 0. The normalized spacial score (nSPS) is 32.5. The Morgan fingerprint density at radius 1 is 1.40 bits per heavy atom. The van der Waals surface area contributed by atoms with Gasteiger partial charge in [-0.25, -0.2) is 5.43 Å². The van der Waals surface area contributed by atoms with Gasteiger partial charge in [0.2, 0.25) is 0 Å². The van der Waals surface area contributed by atoms with Crippen LogP contribution in [0, 0.1) is 23.2 Å². The Labute approximate surface area is 119 Å². The number of pyridine rings is 1. The van der Waals surface area contributed by atoms with Gasteiger partial charge in [0.1, 0.15) is 0 Å². The molecule has 0 aliphatic heterocycles. The van der Waals surface area contributed by atoms with Gasteiger partial charge in [-0.15, -0.1) is 0 Å². The van der Waals surface area contributed by atoms with Crippen LogP contribution < -0.4 is 5.43 Å². The van der Waals surface area contributed by atoms with Crippen LogP contribution in [-0.2, 0) is 0 Å². The molecule has 2 aliphatic rings. The van der Waals surface area contributed by atoms with Crippen LogP contribution in [0.3, 0.4) is 0 Å². The van der Waals surface area contributed by atoms with Crippen molar-refractivity contribution in [3.63, 3.8) is 0 Å². The molecule has 20 heavy (non-hydrogen) atoms. The number of hydrogen-bond donors (Lipinski definition) is 1. The van der Waals surface area contributed by atoms with Crippen molar-refractivity contribution in [1.82, 2.24) is 10.4 Å². The summed E-state index contributed by atoms with van der Waals surface area (Å²) in [5.41, 5.74) is 4.87. The predicted molar refractivity (Wildman–Crippen MR) is 78.3 cm³/mol. The van der Waals surface area contributed by atoms with Crippen molar-refractivity contribution in [2.24, 2.45) is 28.3 Å². The topological polar surface area (TPSA) is 54.4 Å². The highest BCUT2D eigenvalue weighted by Gasteiger charge is 2.53. The van der Waals surface area contributed by atoms with Crippen LogP contribution in [0.1, 0.15) is 44.0 Å². The second kappa shape index (κ2) is 4.69. The molecule has 0 spiro atoms. The van der Waals surface area contributed by atoms with E-state index in [9.17, 15) is 4.79 Å². The van der Waals surface area contributed by atoms with E-state index in [-0.39, 0.29) is 5.91 Å². The van der Waals surface area contributed by atoms with Gasteiger partial charge >= 0.3 is 0 Å². The molecule has 106 valence electrons. The minimum absolute atomic E-state index is 0.158. The second-order valence-corrected chi connectivity index (χ2v) is 6.63. The van der Waals surface area contributed by atoms with Gasteiger partial charge in [0.15, 0.2) is 0 Å². The Kier molecular flexibility index (Phi) is 3.11. The zero-order chi connectivity index (χ0) is 14.3. The van der Waals surface area contributed by atoms with E-state index in [0.29, 0.717) is 28.7 Å². The number of aromatic nitrogens is 1. The Hall–Kier alpha value is -1.71. The summed E-state index contributed by atoms with van der Waals surface area (Å²) in [5, 5.41) is 4.39. The number of carbonyl (C=O) groups is 1. The summed E-state index contributed by atoms with van der Waals surface area (Å²) in [6, 6.07) is 3.39. The Balaban J connectivity index is 1.69. The van der Waals surface area contributed by atoms with Crippen LogP contribution in [0.2, 0.25) is 0 Å². The fraction of sp³-hybridized carbons (Fsp3) is 0.562. The number of carbonyl (C=O) groups excluding carboxylic acids is 1. The quantitative estimate of drug-likeness (QED) is 0.841. The molecule has 1 amide bonds. The smallest absolute Gasteiger partial charge is 0.267 e. The minimum atomic E-state index is -0.158. The monoisotopic (exact) mass is 271 g/mol. The van der Waals surface area contributed by atoms with E-state index in [1.54, 1.807) is 24.5 Å². The Morgan fingerprint density at radius 2 is 2.10 bits per heavy atom. The van der Waals surface area contributed by atoms with Gasteiger partial charge in [0, 0.05) is 29.6 Å². The molecule has 3 rings (SSSR count). The minimum Gasteiger partial charge on any atom is -0.267 e. The fourth-order valence-corrected chi connectivity index (χ4v) is 3.70. The van der Waals surface area contributed by atoms with Crippen LogP contribution in [0.15, 0.2) is 29.6 Å². The molecule has 2 saturated carbocycles. The molecule has 1 heterocycles. The first kappa shape index (κ1) is 13.3. The van der Waals surface area contributed by atoms with Gasteiger partial charge in [-0.3, -0.25) is 9.78 Å². The summed E-state index contributed by atoms with van der Waals surface area (Å²) in [5.74, 6) is 1.72. The van der Waals surface area contributed by atoms with E-state index in [0.717, 1.165) is 6.42 Å². The highest BCUT2D eigenvalue weighted by molar-refractivity contribution is 5.96. The van der Waals surface area contributed by atoms with Crippen molar-refractivity contribution in [3.05, 3.63) is 30.1 Å². The third-order valence-corrected chi connectivity index (χ3v) is 5.49. The first-order chi connectivity index (χ1) is 9.50. The van der Waals surface area contributed by atoms with E-state index < -0.39 is 0 Å². The number of rotatable bonds is 2. The summed E-state index contributed by atoms with van der Waals surface area (Å²) in [4.78, 5) is 15.9. The van der Waals surface area contributed by atoms with Crippen molar-refractivity contribution < 1.29 is 4.79 Å². The molecule has 0 radical (unpaired) electrons. The van der Waals surface area contributed by atoms with Crippen LogP contribution in [0.4, 0.5) is 0 Å². The van der Waals surface area contributed by atoms with Gasteiger partial charge in [-0.1, -0.05) is 20.8 Å². The van der Waals surface area contributed by atoms with Crippen molar-refractivity contribution in [2.45, 2.75) is 33.6 Å². The number of nitrogens with zero attached hydrogens (tertiary/aromatic N) is 2. The highest BCUT2D eigenvalue weighted by Crippen LogP contribution is 2.57. The summed E-state index contributed by atoms with van der Waals surface area (Å²) < 4.78 is 0. The van der Waals surface area contributed by atoms with Crippen molar-refractivity contribution in [1.29, 1.82) is 0 Å².